The molecule has 1 heterocycles. The maximum absolute atomic E-state index is 5.26. The molecule has 2 aromatic rings. The van der Waals surface area contributed by atoms with Crippen LogP contribution in [0.1, 0.15) is 18.9 Å². The Morgan fingerprint density at radius 2 is 2.10 bits per heavy atom. The Morgan fingerprint density at radius 3 is 2.76 bits per heavy atom. The van der Waals surface area contributed by atoms with Gasteiger partial charge in [-0.05, 0) is 30.2 Å². The predicted molar refractivity (Wildman–Crippen MR) is 88.1 cm³/mol. The highest BCUT2D eigenvalue weighted by molar-refractivity contribution is 5.50. The van der Waals surface area contributed by atoms with E-state index in [1.807, 2.05) is 30.5 Å². The summed E-state index contributed by atoms with van der Waals surface area (Å²) in [6, 6.07) is 12.2. The second-order valence-corrected chi connectivity index (χ2v) is 5.04. The number of pyridine rings is 1. The van der Waals surface area contributed by atoms with E-state index in [1.54, 1.807) is 7.11 Å². The summed E-state index contributed by atoms with van der Waals surface area (Å²) in [6.45, 7) is 3.91. The fourth-order valence-corrected chi connectivity index (χ4v) is 2.09. The molecule has 0 aliphatic carbocycles. The third-order valence-corrected chi connectivity index (χ3v) is 3.29. The van der Waals surface area contributed by atoms with Gasteiger partial charge in [0.15, 0.2) is 0 Å². The van der Waals surface area contributed by atoms with Gasteiger partial charge in [-0.2, -0.15) is 0 Å². The number of hydrogen-bond donors (Lipinski definition) is 1. The van der Waals surface area contributed by atoms with Crippen LogP contribution in [0, 0.1) is 0 Å². The fourth-order valence-electron chi connectivity index (χ4n) is 2.09. The number of nitrogens with zero attached hydrogens (tertiary/aromatic N) is 2. The van der Waals surface area contributed by atoms with Crippen LogP contribution in [0.25, 0.3) is 0 Å². The molecule has 4 nitrogen and oxygen atoms in total. The van der Waals surface area contributed by atoms with Crippen molar-refractivity contribution in [3.63, 3.8) is 0 Å². The molecule has 0 spiro atoms. The minimum Gasteiger partial charge on any atom is -0.497 e. The van der Waals surface area contributed by atoms with Gasteiger partial charge in [0.2, 0.25) is 0 Å². The Labute approximate surface area is 126 Å². The van der Waals surface area contributed by atoms with Gasteiger partial charge in [0, 0.05) is 38.1 Å². The summed E-state index contributed by atoms with van der Waals surface area (Å²) in [5, 5.41) is 3.28. The average molecular weight is 285 g/mol. The standard InChI is InChI=1S/C17H23N3O/c1-4-10-18-17-9-8-14(12-19-17)13-20(2)15-6-5-7-16(11-15)21-3/h5-9,11-12H,4,10,13H2,1-3H3,(H,18,19). The summed E-state index contributed by atoms with van der Waals surface area (Å²) in [7, 11) is 3.75. The largest absolute Gasteiger partial charge is 0.497 e. The number of ether oxygens (including phenoxy) is 1. The summed E-state index contributed by atoms with van der Waals surface area (Å²) >= 11 is 0. The number of rotatable bonds is 7. The van der Waals surface area contributed by atoms with Gasteiger partial charge in [-0.3, -0.25) is 0 Å². The Morgan fingerprint density at radius 1 is 1.24 bits per heavy atom. The van der Waals surface area contributed by atoms with Crippen molar-refractivity contribution < 1.29 is 4.74 Å². The molecule has 0 saturated carbocycles. The first-order valence-corrected chi connectivity index (χ1v) is 7.27. The number of methoxy groups -OCH3 is 1. The average Bonchev–Trinajstić information content (AvgIpc) is 2.54. The zero-order valence-corrected chi connectivity index (χ0v) is 13.0. The Balaban J connectivity index is 1.99. The first-order valence-electron chi connectivity index (χ1n) is 7.27. The van der Waals surface area contributed by atoms with Crippen molar-refractivity contribution in [1.82, 2.24) is 4.98 Å². The Bertz CT molecular complexity index is 554. The second kappa shape index (κ2) is 7.53. The highest BCUT2D eigenvalue weighted by Gasteiger charge is 2.04. The molecule has 0 atom stereocenters. The summed E-state index contributed by atoms with van der Waals surface area (Å²) in [5.41, 5.74) is 2.31. The molecule has 112 valence electrons. The minimum absolute atomic E-state index is 0.814. The highest BCUT2D eigenvalue weighted by Crippen LogP contribution is 2.21. The second-order valence-electron chi connectivity index (χ2n) is 5.04. The lowest BCUT2D eigenvalue weighted by Gasteiger charge is -2.20. The van der Waals surface area contributed by atoms with Gasteiger partial charge in [0.25, 0.3) is 0 Å². The summed E-state index contributed by atoms with van der Waals surface area (Å²) in [5.74, 6) is 1.81. The maximum Gasteiger partial charge on any atom is 0.125 e. The Kier molecular flexibility index (Phi) is 5.43. The summed E-state index contributed by atoms with van der Waals surface area (Å²) < 4.78 is 5.26. The van der Waals surface area contributed by atoms with E-state index in [0.29, 0.717) is 0 Å². The smallest absolute Gasteiger partial charge is 0.125 e. The quantitative estimate of drug-likeness (QED) is 0.844. The molecular formula is C17H23N3O. The zero-order valence-electron chi connectivity index (χ0n) is 13.0. The zero-order chi connectivity index (χ0) is 15.1. The van der Waals surface area contributed by atoms with Crippen LogP contribution in [0.5, 0.6) is 5.75 Å². The molecule has 0 aliphatic rings. The van der Waals surface area contributed by atoms with Crippen molar-refractivity contribution in [2.45, 2.75) is 19.9 Å². The van der Waals surface area contributed by atoms with E-state index >= 15 is 0 Å². The van der Waals surface area contributed by atoms with Gasteiger partial charge in [0.1, 0.15) is 11.6 Å². The summed E-state index contributed by atoms with van der Waals surface area (Å²) in [4.78, 5) is 6.61. The lowest BCUT2D eigenvalue weighted by atomic mass is 10.2. The molecule has 1 N–H and O–H groups in total. The fraction of sp³-hybridized carbons (Fsp3) is 0.353. The molecule has 0 aliphatic heterocycles. The van der Waals surface area contributed by atoms with Crippen molar-refractivity contribution in [3.05, 3.63) is 48.2 Å². The number of anilines is 2. The van der Waals surface area contributed by atoms with E-state index in [1.165, 1.54) is 5.56 Å². The van der Waals surface area contributed by atoms with E-state index in [2.05, 4.69) is 41.3 Å². The molecule has 1 aromatic heterocycles. The topological polar surface area (TPSA) is 37.4 Å². The third-order valence-electron chi connectivity index (χ3n) is 3.29. The molecule has 0 amide bonds. The van der Waals surface area contributed by atoms with E-state index in [9.17, 15) is 0 Å². The van der Waals surface area contributed by atoms with Crippen molar-refractivity contribution in [1.29, 1.82) is 0 Å². The highest BCUT2D eigenvalue weighted by atomic mass is 16.5. The van der Waals surface area contributed by atoms with Crippen molar-refractivity contribution in [2.24, 2.45) is 0 Å². The molecule has 4 heteroatoms. The van der Waals surface area contributed by atoms with Crippen LogP contribution in [-0.4, -0.2) is 25.7 Å². The number of aromatic nitrogens is 1. The first-order chi connectivity index (χ1) is 10.2. The molecular weight excluding hydrogens is 262 g/mol. The van der Waals surface area contributed by atoms with Gasteiger partial charge in [-0.15, -0.1) is 0 Å². The van der Waals surface area contributed by atoms with Crippen LogP contribution in [-0.2, 0) is 6.54 Å². The van der Waals surface area contributed by atoms with Crippen molar-refractivity contribution in [3.8, 4) is 5.75 Å². The van der Waals surface area contributed by atoms with Crippen LogP contribution in [0.3, 0.4) is 0 Å². The SMILES string of the molecule is CCCNc1ccc(CN(C)c2cccc(OC)c2)cn1. The van der Waals surface area contributed by atoms with E-state index in [-0.39, 0.29) is 0 Å². The van der Waals surface area contributed by atoms with Gasteiger partial charge in [-0.1, -0.05) is 19.1 Å². The van der Waals surface area contributed by atoms with Crippen LogP contribution >= 0.6 is 0 Å². The minimum atomic E-state index is 0.814. The number of benzene rings is 1. The van der Waals surface area contributed by atoms with Crippen LogP contribution < -0.4 is 15.0 Å². The number of hydrogen-bond acceptors (Lipinski definition) is 4. The molecule has 0 saturated heterocycles. The van der Waals surface area contributed by atoms with E-state index in [4.69, 9.17) is 4.74 Å². The van der Waals surface area contributed by atoms with Crippen LogP contribution in [0.2, 0.25) is 0 Å². The molecule has 1 aromatic carbocycles. The molecule has 0 radical (unpaired) electrons. The molecule has 0 fully saturated rings. The van der Waals surface area contributed by atoms with Gasteiger partial charge in [-0.25, -0.2) is 4.98 Å². The maximum atomic E-state index is 5.26. The van der Waals surface area contributed by atoms with Crippen LogP contribution in [0.15, 0.2) is 42.6 Å². The first kappa shape index (κ1) is 15.2. The van der Waals surface area contributed by atoms with Gasteiger partial charge < -0.3 is 15.0 Å². The molecule has 21 heavy (non-hydrogen) atoms. The molecule has 0 unspecified atom stereocenters. The van der Waals surface area contributed by atoms with E-state index in [0.717, 1.165) is 36.8 Å². The van der Waals surface area contributed by atoms with Crippen molar-refractivity contribution in [2.75, 3.05) is 30.9 Å². The van der Waals surface area contributed by atoms with Crippen molar-refractivity contribution >= 4 is 11.5 Å². The van der Waals surface area contributed by atoms with Crippen LogP contribution in [0.4, 0.5) is 11.5 Å². The Hall–Kier alpha value is -2.23. The lowest BCUT2D eigenvalue weighted by Crippen LogP contribution is -2.16. The normalized spacial score (nSPS) is 10.2. The van der Waals surface area contributed by atoms with E-state index < -0.39 is 0 Å². The van der Waals surface area contributed by atoms with Gasteiger partial charge >= 0.3 is 0 Å². The monoisotopic (exact) mass is 285 g/mol. The third kappa shape index (κ3) is 4.38. The summed E-state index contributed by atoms with van der Waals surface area (Å²) in [6.07, 6.45) is 3.02. The molecule has 2 rings (SSSR count). The molecule has 0 bridgehead atoms. The number of nitrogens with one attached hydrogen (secondary N) is 1. The lowest BCUT2D eigenvalue weighted by molar-refractivity contribution is 0.415. The van der Waals surface area contributed by atoms with Gasteiger partial charge in [0.05, 0.1) is 7.11 Å². The predicted octanol–water partition coefficient (Wildman–Crippen LogP) is 3.55.